The Morgan fingerprint density at radius 2 is 1.86 bits per heavy atom. The molecule has 0 aliphatic heterocycles. The number of hydrogen-bond acceptors (Lipinski definition) is 2. The summed E-state index contributed by atoms with van der Waals surface area (Å²) in [5, 5.41) is 0.975. The third-order valence-corrected chi connectivity index (χ3v) is 2.86. The van der Waals surface area contributed by atoms with Gasteiger partial charge >= 0.3 is 0 Å². The summed E-state index contributed by atoms with van der Waals surface area (Å²) in [6.45, 7) is 3.24. The van der Waals surface area contributed by atoms with E-state index < -0.39 is 9.84 Å². The predicted molar refractivity (Wildman–Crippen MR) is 59.5 cm³/mol. The molecule has 0 aliphatic carbocycles. The summed E-state index contributed by atoms with van der Waals surface area (Å²) in [5.74, 6) is 0.00535. The van der Waals surface area contributed by atoms with Crippen molar-refractivity contribution in [3.63, 3.8) is 0 Å². The summed E-state index contributed by atoms with van der Waals surface area (Å²) < 4.78 is 22.0. The van der Waals surface area contributed by atoms with E-state index in [9.17, 15) is 8.42 Å². The average Bonchev–Trinajstić information content (AvgIpc) is 2.19. The van der Waals surface area contributed by atoms with Crippen molar-refractivity contribution in [1.29, 1.82) is 0 Å². The molecular formula is C11H12O2S. The Hall–Kier alpha value is -1.35. The van der Waals surface area contributed by atoms with Crippen LogP contribution in [0.2, 0.25) is 0 Å². The monoisotopic (exact) mass is 208 g/mol. The van der Waals surface area contributed by atoms with E-state index in [0.29, 0.717) is 0 Å². The molecule has 0 fully saturated rings. The molecule has 14 heavy (non-hydrogen) atoms. The minimum atomic E-state index is -3.11. The minimum absolute atomic E-state index is 0.00535. The largest absolute Gasteiger partial charge is 0.224 e. The molecule has 0 N–H and O–H groups in total. The summed E-state index contributed by atoms with van der Waals surface area (Å²) in [4.78, 5) is 0. The molecule has 0 bridgehead atoms. The lowest BCUT2D eigenvalue weighted by molar-refractivity contribution is 0.607. The first kappa shape index (κ1) is 10.7. The Kier molecular flexibility index (Phi) is 3.65. The van der Waals surface area contributed by atoms with E-state index in [1.54, 1.807) is 12.2 Å². The zero-order valence-corrected chi connectivity index (χ0v) is 8.57. The molecule has 1 rings (SSSR count). The SMILES string of the molecule is C=CS(=O)(=O)CC=Cc1ccccc1. The van der Waals surface area contributed by atoms with Gasteiger partial charge in [-0.25, -0.2) is 8.42 Å². The second-order valence-corrected chi connectivity index (χ2v) is 4.80. The summed E-state index contributed by atoms with van der Waals surface area (Å²) in [6.07, 6.45) is 3.40. The van der Waals surface area contributed by atoms with Crippen molar-refractivity contribution in [3.8, 4) is 0 Å². The second-order valence-electron chi connectivity index (χ2n) is 2.81. The van der Waals surface area contributed by atoms with Crippen LogP contribution >= 0.6 is 0 Å². The molecule has 0 saturated carbocycles. The van der Waals surface area contributed by atoms with E-state index in [2.05, 4.69) is 6.58 Å². The first-order valence-corrected chi connectivity index (χ1v) is 5.92. The van der Waals surface area contributed by atoms with Crippen LogP contribution in [0.3, 0.4) is 0 Å². The second kappa shape index (κ2) is 4.77. The van der Waals surface area contributed by atoms with E-state index >= 15 is 0 Å². The Labute approximate surface area is 84.5 Å². The maximum Gasteiger partial charge on any atom is 0.174 e. The van der Waals surface area contributed by atoms with E-state index in [0.717, 1.165) is 11.0 Å². The maximum absolute atomic E-state index is 11.0. The van der Waals surface area contributed by atoms with Crippen LogP contribution < -0.4 is 0 Å². The third-order valence-electron chi connectivity index (χ3n) is 1.69. The number of rotatable bonds is 4. The lowest BCUT2D eigenvalue weighted by Gasteiger charge is -1.92. The fourth-order valence-electron chi connectivity index (χ4n) is 0.951. The van der Waals surface area contributed by atoms with E-state index in [-0.39, 0.29) is 5.75 Å². The lowest BCUT2D eigenvalue weighted by Crippen LogP contribution is -1.97. The molecule has 0 unspecified atom stereocenters. The van der Waals surface area contributed by atoms with Crippen LogP contribution in [0, 0.1) is 0 Å². The number of sulfone groups is 1. The summed E-state index contributed by atoms with van der Waals surface area (Å²) in [7, 11) is -3.11. The van der Waals surface area contributed by atoms with Crippen molar-refractivity contribution < 1.29 is 8.42 Å². The highest BCUT2D eigenvalue weighted by atomic mass is 32.2. The van der Waals surface area contributed by atoms with Crippen LogP contribution in [0.25, 0.3) is 6.08 Å². The van der Waals surface area contributed by atoms with Crippen molar-refractivity contribution in [2.24, 2.45) is 0 Å². The smallest absolute Gasteiger partial charge is 0.174 e. The molecule has 1 aromatic rings. The number of hydrogen-bond donors (Lipinski definition) is 0. The molecule has 0 radical (unpaired) electrons. The van der Waals surface area contributed by atoms with Gasteiger partial charge in [-0.3, -0.25) is 0 Å². The van der Waals surface area contributed by atoms with Crippen LogP contribution in [-0.2, 0) is 9.84 Å². The normalized spacial score (nSPS) is 11.7. The first-order chi connectivity index (χ1) is 6.64. The van der Waals surface area contributed by atoms with E-state index in [1.165, 1.54) is 0 Å². The Morgan fingerprint density at radius 3 is 2.43 bits per heavy atom. The van der Waals surface area contributed by atoms with Gasteiger partial charge in [0.05, 0.1) is 5.75 Å². The average molecular weight is 208 g/mol. The zero-order chi connectivity index (χ0) is 10.4. The molecular weight excluding hydrogens is 196 g/mol. The number of benzene rings is 1. The molecule has 3 heteroatoms. The van der Waals surface area contributed by atoms with Gasteiger partial charge in [0.25, 0.3) is 0 Å². The standard InChI is InChI=1S/C11H12O2S/c1-2-14(12,13)10-6-9-11-7-4-3-5-8-11/h2-9H,1,10H2. The van der Waals surface area contributed by atoms with Crippen molar-refractivity contribution in [2.45, 2.75) is 0 Å². The topological polar surface area (TPSA) is 34.1 Å². The van der Waals surface area contributed by atoms with Gasteiger partial charge in [0, 0.05) is 5.41 Å². The summed E-state index contributed by atoms with van der Waals surface area (Å²) >= 11 is 0. The highest BCUT2D eigenvalue weighted by molar-refractivity contribution is 7.94. The predicted octanol–water partition coefficient (Wildman–Crippen LogP) is 2.26. The quantitative estimate of drug-likeness (QED) is 0.760. The van der Waals surface area contributed by atoms with Crippen LogP contribution in [-0.4, -0.2) is 14.2 Å². The summed E-state index contributed by atoms with van der Waals surface area (Å²) in [5.41, 5.74) is 0.992. The van der Waals surface area contributed by atoms with Crippen molar-refractivity contribution >= 4 is 15.9 Å². The van der Waals surface area contributed by atoms with Crippen molar-refractivity contribution in [3.05, 3.63) is 54.0 Å². The van der Waals surface area contributed by atoms with E-state index in [1.807, 2.05) is 30.3 Å². The molecule has 74 valence electrons. The van der Waals surface area contributed by atoms with Gasteiger partial charge in [0.15, 0.2) is 9.84 Å². The van der Waals surface area contributed by atoms with Gasteiger partial charge in [-0.2, -0.15) is 0 Å². The van der Waals surface area contributed by atoms with Crippen molar-refractivity contribution in [2.75, 3.05) is 5.75 Å². The molecule has 0 spiro atoms. The molecule has 1 aromatic carbocycles. The highest BCUT2D eigenvalue weighted by Gasteiger charge is 1.99. The fraction of sp³-hybridized carbons (Fsp3) is 0.0909. The van der Waals surface area contributed by atoms with Crippen molar-refractivity contribution in [1.82, 2.24) is 0 Å². The van der Waals surface area contributed by atoms with Crippen LogP contribution in [0.1, 0.15) is 5.56 Å². The third kappa shape index (κ3) is 3.58. The Morgan fingerprint density at radius 1 is 1.21 bits per heavy atom. The highest BCUT2D eigenvalue weighted by Crippen LogP contribution is 2.01. The van der Waals surface area contributed by atoms with Gasteiger partial charge in [-0.15, -0.1) is 0 Å². The van der Waals surface area contributed by atoms with Crippen LogP contribution in [0.5, 0.6) is 0 Å². The Bertz CT molecular complexity index is 416. The minimum Gasteiger partial charge on any atom is -0.224 e. The molecule has 0 saturated heterocycles. The molecule has 0 aromatic heterocycles. The van der Waals surface area contributed by atoms with Crippen LogP contribution in [0.15, 0.2) is 48.4 Å². The van der Waals surface area contributed by atoms with Crippen LogP contribution in [0.4, 0.5) is 0 Å². The van der Waals surface area contributed by atoms with E-state index in [4.69, 9.17) is 0 Å². The van der Waals surface area contributed by atoms with Gasteiger partial charge < -0.3 is 0 Å². The molecule has 2 nitrogen and oxygen atoms in total. The van der Waals surface area contributed by atoms with Gasteiger partial charge in [-0.05, 0) is 5.56 Å². The zero-order valence-electron chi connectivity index (χ0n) is 7.76. The maximum atomic E-state index is 11.0. The summed E-state index contributed by atoms with van der Waals surface area (Å²) in [6, 6.07) is 9.55. The molecule has 0 amide bonds. The molecule has 0 atom stereocenters. The molecule has 0 heterocycles. The first-order valence-electron chi connectivity index (χ1n) is 4.21. The fourth-order valence-corrected chi connectivity index (χ4v) is 1.45. The van der Waals surface area contributed by atoms with Gasteiger partial charge in [0.2, 0.25) is 0 Å². The van der Waals surface area contributed by atoms with Gasteiger partial charge in [-0.1, -0.05) is 49.1 Å². The lowest BCUT2D eigenvalue weighted by atomic mass is 10.2. The van der Waals surface area contributed by atoms with Gasteiger partial charge in [0.1, 0.15) is 0 Å². The molecule has 0 aliphatic rings. The Balaban J connectivity index is 2.63.